The minimum atomic E-state index is -0.487. The van der Waals surface area contributed by atoms with Crippen LogP contribution in [0.1, 0.15) is 38.2 Å². The lowest BCUT2D eigenvalue weighted by Gasteiger charge is -2.33. The van der Waals surface area contributed by atoms with E-state index in [0.717, 1.165) is 37.2 Å². The van der Waals surface area contributed by atoms with Gasteiger partial charge >= 0.3 is 5.69 Å². The highest BCUT2D eigenvalue weighted by Crippen LogP contribution is 2.29. The van der Waals surface area contributed by atoms with Gasteiger partial charge < -0.3 is 9.64 Å². The maximum absolute atomic E-state index is 12.3. The Bertz CT molecular complexity index is 580. The number of hydrogen-bond acceptors (Lipinski definition) is 4. The minimum absolute atomic E-state index is 0.105. The van der Waals surface area contributed by atoms with Gasteiger partial charge in [0, 0.05) is 19.2 Å². The zero-order valence-corrected chi connectivity index (χ0v) is 13.9. The molecule has 0 N–H and O–H groups in total. The van der Waals surface area contributed by atoms with Crippen molar-refractivity contribution in [1.29, 1.82) is 0 Å². The van der Waals surface area contributed by atoms with Crippen LogP contribution in [0.2, 0.25) is 0 Å². The van der Waals surface area contributed by atoms with Crippen molar-refractivity contribution < 1.29 is 14.5 Å². The maximum atomic E-state index is 12.3. The fraction of sp³-hybridized carbons (Fsp3) is 0.588. The number of carbonyl (C=O) groups is 1. The van der Waals surface area contributed by atoms with Crippen LogP contribution in [0.4, 0.5) is 5.69 Å². The van der Waals surface area contributed by atoms with E-state index in [9.17, 15) is 14.9 Å². The van der Waals surface area contributed by atoms with Gasteiger partial charge in [0.15, 0.2) is 12.4 Å². The third-order valence-electron chi connectivity index (χ3n) is 4.59. The van der Waals surface area contributed by atoms with Gasteiger partial charge in [-0.15, -0.1) is 0 Å². The molecule has 0 spiro atoms. The van der Waals surface area contributed by atoms with E-state index in [2.05, 4.69) is 6.92 Å². The number of ether oxygens (including phenoxy) is 1. The normalized spacial score (nSPS) is 20.8. The Hall–Kier alpha value is -2.11. The van der Waals surface area contributed by atoms with Crippen LogP contribution in [0, 0.1) is 23.0 Å². The first-order valence-electron chi connectivity index (χ1n) is 8.02. The van der Waals surface area contributed by atoms with Gasteiger partial charge in [0.25, 0.3) is 5.91 Å². The van der Waals surface area contributed by atoms with E-state index >= 15 is 0 Å². The predicted molar refractivity (Wildman–Crippen MR) is 87.5 cm³/mol. The zero-order valence-electron chi connectivity index (χ0n) is 13.9. The summed E-state index contributed by atoms with van der Waals surface area (Å²) < 4.78 is 5.42. The highest BCUT2D eigenvalue weighted by Gasteiger charge is 2.25. The molecule has 1 fully saturated rings. The Balaban J connectivity index is 1.95. The first-order chi connectivity index (χ1) is 10.9. The van der Waals surface area contributed by atoms with Crippen LogP contribution < -0.4 is 4.74 Å². The smallest absolute Gasteiger partial charge is 0.311 e. The third-order valence-corrected chi connectivity index (χ3v) is 4.59. The molecule has 2 rings (SSSR count). The summed E-state index contributed by atoms with van der Waals surface area (Å²) in [6.07, 6.45) is 4.28. The van der Waals surface area contributed by atoms with E-state index in [4.69, 9.17) is 4.74 Å². The number of benzene rings is 1. The van der Waals surface area contributed by atoms with Crippen molar-refractivity contribution >= 4 is 11.6 Å². The molecule has 1 saturated carbocycles. The summed E-state index contributed by atoms with van der Waals surface area (Å²) in [5.41, 5.74) is 0.677. The van der Waals surface area contributed by atoms with Crippen molar-refractivity contribution in [3.05, 3.63) is 33.9 Å². The Morgan fingerprint density at radius 1 is 1.35 bits per heavy atom. The van der Waals surface area contributed by atoms with Gasteiger partial charge in [-0.1, -0.05) is 13.0 Å². The van der Waals surface area contributed by atoms with Gasteiger partial charge in [0.05, 0.1) is 4.92 Å². The van der Waals surface area contributed by atoms with Crippen molar-refractivity contribution in [2.45, 2.75) is 45.6 Å². The highest BCUT2D eigenvalue weighted by atomic mass is 16.6. The predicted octanol–water partition coefficient (Wildman–Crippen LogP) is 3.32. The molecular formula is C17H24N2O4. The summed E-state index contributed by atoms with van der Waals surface area (Å²) in [4.78, 5) is 24.6. The van der Waals surface area contributed by atoms with Gasteiger partial charge in [-0.25, -0.2) is 0 Å². The monoisotopic (exact) mass is 320 g/mol. The molecule has 0 saturated heterocycles. The van der Waals surface area contributed by atoms with Crippen molar-refractivity contribution in [3.8, 4) is 5.75 Å². The molecule has 1 aliphatic rings. The number of nitro groups is 1. The van der Waals surface area contributed by atoms with Crippen molar-refractivity contribution in [2.75, 3.05) is 13.7 Å². The number of aryl methyl sites for hydroxylation is 1. The number of nitrogens with zero attached hydrogens (tertiary/aromatic N) is 2. The molecule has 6 nitrogen and oxygen atoms in total. The second-order valence-electron chi connectivity index (χ2n) is 6.44. The van der Waals surface area contributed by atoms with Crippen molar-refractivity contribution in [2.24, 2.45) is 5.92 Å². The molecule has 0 aliphatic heterocycles. The molecule has 0 atom stereocenters. The molecule has 0 heterocycles. The van der Waals surface area contributed by atoms with Gasteiger partial charge in [-0.3, -0.25) is 14.9 Å². The largest absolute Gasteiger partial charge is 0.477 e. The van der Waals surface area contributed by atoms with E-state index in [1.807, 2.05) is 0 Å². The van der Waals surface area contributed by atoms with Gasteiger partial charge in [0.1, 0.15) is 0 Å². The molecule has 6 heteroatoms. The van der Waals surface area contributed by atoms with Gasteiger partial charge in [-0.05, 0) is 50.2 Å². The van der Waals surface area contributed by atoms with Crippen LogP contribution in [0.3, 0.4) is 0 Å². The zero-order chi connectivity index (χ0) is 17.0. The quantitative estimate of drug-likeness (QED) is 0.616. The van der Waals surface area contributed by atoms with Crippen LogP contribution in [-0.2, 0) is 4.79 Å². The molecule has 0 radical (unpaired) electrons. The van der Waals surface area contributed by atoms with Crippen molar-refractivity contribution in [1.82, 2.24) is 4.90 Å². The molecule has 1 aliphatic carbocycles. The number of amides is 1. The molecule has 0 aromatic heterocycles. The fourth-order valence-corrected chi connectivity index (χ4v) is 2.97. The molecule has 0 unspecified atom stereocenters. The number of carbonyl (C=O) groups excluding carboxylic acids is 1. The number of nitro benzene ring substituents is 1. The first kappa shape index (κ1) is 17.2. The molecule has 0 bridgehead atoms. The third kappa shape index (κ3) is 4.43. The summed E-state index contributed by atoms with van der Waals surface area (Å²) in [7, 11) is 1.79. The average Bonchev–Trinajstić information content (AvgIpc) is 2.53. The second kappa shape index (κ2) is 7.44. The standard InChI is InChI=1S/C17H24N2O4/c1-12-4-7-14(8-5-12)18(3)17(20)11-23-16-9-6-13(2)10-15(16)19(21)22/h6,9-10,12,14H,4-5,7-8,11H2,1-3H3. The molecule has 1 aromatic rings. The molecular weight excluding hydrogens is 296 g/mol. The lowest BCUT2D eigenvalue weighted by Crippen LogP contribution is -2.41. The summed E-state index contributed by atoms with van der Waals surface area (Å²) in [5.74, 6) is 0.722. The van der Waals surface area contributed by atoms with E-state index in [-0.39, 0.29) is 30.0 Å². The van der Waals surface area contributed by atoms with Crippen LogP contribution in [0.15, 0.2) is 18.2 Å². The minimum Gasteiger partial charge on any atom is -0.477 e. The SMILES string of the molecule is Cc1ccc(OCC(=O)N(C)C2CCC(C)CC2)c([N+](=O)[O-])c1. The molecule has 1 amide bonds. The summed E-state index contributed by atoms with van der Waals surface area (Å²) in [6.45, 7) is 3.84. The van der Waals surface area contributed by atoms with Crippen molar-refractivity contribution in [3.63, 3.8) is 0 Å². The molecule has 126 valence electrons. The summed E-state index contributed by atoms with van der Waals surface area (Å²) in [6, 6.07) is 4.98. The van der Waals surface area contributed by atoms with E-state index < -0.39 is 4.92 Å². The lowest BCUT2D eigenvalue weighted by atomic mass is 9.87. The Labute approximate surface area is 136 Å². The van der Waals surface area contributed by atoms with E-state index in [1.165, 1.54) is 6.07 Å². The van der Waals surface area contributed by atoms with E-state index in [0.29, 0.717) is 0 Å². The Morgan fingerprint density at radius 3 is 2.61 bits per heavy atom. The summed E-state index contributed by atoms with van der Waals surface area (Å²) >= 11 is 0. The highest BCUT2D eigenvalue weighted by molar-refractivity contribution is 5.78. The number of rotatable bonds is 5. The van der Waals surface area contributed by atoms with E-state index in [1.54, 1.807) is 31.0 Å². The van der Waals surface area contributed by atoms with Gasteiger partial charge in [-0.2, -0.15) is 0 Å². The Morgan fingerprint density at radius 2 is 2.00 bits per heavy atom. The Kier molecular flexibility index (Phi) is 5.58. The van der Waals surface area contributed by atoms with Crippen LogP contribution in [0.25, 0.3) is 0 Å². The van der Waals surface area contributed by atoms with Crippen LogP contribution in [-0.4, -0.2) is 35.4 Å². The summed E-state index contributed by atoms with van der Waals surface area (Å²) in [5, 5.41) is 11.1. The second-order valence-corrected chi connectivity index (χ2v) is 6.44. The van der Waals surface area contributed by atoms with Crippen LogP contribution >= 0.6 is 0 Å². The topological polar surface area (TPSA) is 72.7 Å². The first-order valence-corrected chi connectivity index (χ1v) is 8.02. The number of hydrogen-bond donors (Lipinski definition) is 0. The number of likely N-dealkylation sites (N-methyl/N-ethyl adjacent to an activating group) is 1. The lowest BCUT2D eigenvalue weighted by molar-refractivity contribution is -0.385. The fourth-order valence-electron chi connectivity index (χ4n) is 2.97. The van der Waals surface area contributed by atoms with Crippen LogP contribution in [0.5, 0.6) is 5.75 Å². The molecule has 1 aromatic carbocycles. The van der Waals surface area contributed by atoms with Gasteiger partial charge in [0.2, 0.25) is 0 Å². The molecule has 23 heavy (non-hydrogen) atoms. The maximum Gasteiger partial charge on any atom is 0.311 e. The average molecular weight is 320 g/mol.